The van der Waals surface area contributed by atoms with Crippen LogP contribution in [-0.2, 0) is 10.2 Å². The Morgan fingerprint density at radius 3 is 2.55 bits per heavy atom. The van der Waals surface area contributed by atoms with E-state index in [1.165, 1.54) is 19.2 Å². The van der Waals surface area contributed by atoms with Gasteiger partial charge < -0.3 is 20.1 Å². The maximum atomic E-state index is 15.4. The third-order valence-corrected chi connectivity index (χ3v) is 10.3. The van der Waals surface area contributed by atoms with Gasteiger partial charge in [0.2, 0.25) is 5.91 Å². The number of imidazole rings is 1. The molecular weight excluding hydrogens is 600 g/mol. The van der Waals surface area contributed by atoms with Gasteiger partial charge in [-0.3, -0.25) is 14.5 Å². The molecule has 9 nitrogen and oxygen atoms in total. The predicted molar refractivity (Wildman–Crippen MR) is 180 cm³/mol. The van der Waals surface area contributed by atoms with Gasteiger partial charge in [-0.1, -0.05) is 12.1 Å². The van der Waals surface area contributed by atoms with Gasteiger partial charge in [-0.15, -0.1) is 0 Å². The molecule has 0 unspecified atom stereocenters. The number of benzene rings is 2. The molecule has 11 heteroatoms. The van der Waals surface area contributed by atoms with E-state index in [0.29, 0.717) is 52.7 Å². The summed E-state index contributed by atoms with van der Waals surface area (Å²) in [7, 11) is 1.54. The molecule has 1 saturated heterocycles. The quantitative estimate of drug-likeness (QED) is 0.242. The number of rotatable bonds is 7. The first-order chi connectivity index (χ1) is 22.4. The Balaban J connectivity index is 1.28. The van der Waals surface area contributed by atoms with E-state index >= 15 is 4.39 Å². The van der Waals surface area contributed by atoms with Crippen LogP contribution >= 0.6 is 0 Å². The Hall–Kier alpha value is -4.38. The fourth-order valence-corrected chi connectivity index (χ4v) is 7.41. The van der Waals surface area contributed by atoms with Crippen molar-refractivity contribution in [1.29, 1.82) is 0 Å². The maximum absolute atomic E-state index is 15.4. The molecule has 2 fully saturated rings. The molecule has 47 heavy (non-hydrogen) atoms. The van der Waals surface area contributed by atoms with E-state index in [0.717, 1.165) is 36.2 Å². The van der Waals surface area contributed by atoms with Crippen LogP contribution in [0.25, 0.3) is 22.3 Å². The summed E-state index contributed by atoms with van der Waals surface area (Å²) in [5.41, 5.74) is 4.97. The topological polar surface area (TPSA) is 95.4 Å². The highest BCUT2D eigenvalue weighted by Crippen LogP contribution is 2.48. The lowest BCUT2D eigenvalue weighted by Crippen LogP contribution is -2.55. The van der Waals surface area contributed by atoms with Crippen LogP contribution in [0.15, 0.2) is 42.7 Å². The lowest BCUT2D eigenvalue weighted by Gasteiger charge is -2.45. The highest BCUT2D eigenvalue weighted by molar-refractivity contribution is 6.09. The summed E-state index contributed by atoms with van der Waals surface area (Å²) in [5, 5.41) is 5.80. The number of anilines is 3. The highest BCUT2D eigenvalue weighted by Gasteiger charge is 2.50. The molecule has 2 N–H and O–H groups in total. The van der Waals surface area contributed by atoms with Gasteiger partial charge in [-0.2, -0.15) is 0 Å². The normalized spacial score (nSPS) is 22.2. The predicted octanol–water partition coefficient (Wildman–Crippen LogP) is 6.43. The van der Waals surface area contributed by atoms with Gasteiger partial charge in [0, 0.05) is 55.1 Å². The first-order valence-corrected chi connectivity index (χ1v) is 16.4. The molecule has 2 aromatic heterocycles. The van der Waals surface area contributed by atoms with Gasteiger partial charge >= 0.3 is 0 Å². The summed E-state index contributed by atoms with van der Waals surface area (Å²) in [6, 6.07) is 11.2. The van der Waals surface area contributed by atoms with E-state index < -0.39 is 17.4 Å². The summed E-state index contributed by atoms with van der Waals surface area (Å²) >= 11 is 0. The number of hydrogen-bond acceptors (Lipinski definition) is 6. The maximum Gasteiger partial charge on any atom is 0.251 e. The third-order valence-electron chi connectivity index (χ3n) is 10.3. The molecule has 2 aromatic carbocycles. The second-order valence-corrected chi connectivity index (χ2v) is 14.0. The van der Waals surface area contributed by atoms with Crippen LogP contribution in [0.1, 0.15) is 74.5 Å². The van der Waals surface area contributed by atoms with Gasteiger partial charge in [0.05, 0.1) is 28.6 Å². The van der Waals surface area contributed by atoms with Crippen LogP contribution < -0.4 is 15.5 Å². The lowest BCUT2D eigenvalue weighted by molar-refractivity contribution is -0.123. The number of hydrogen-bond donors (Lipinski definition) is 2. The van der Waals surface area contributed by atoms with Crippen molar-refractivity contribution in [1.82, 2.24) is 24.8 Å². The molecule has 3 aliphatic rings. The molecule has 4 heterocycles. The van der Waals surface area contributed by atoms with Gasteiger partial charge in [0.1, 0.15) is 17.5 Å². The molecule has 4 aromatic rings. The minimum atomic E-state index is -0.763. The van der Waals surface area contributed by atoms with Crippen LogP contribution in [0.2, 0.25) is 0 Å². The minimum absolute atomic E-state index is 0.0513. The number of alkyl halides is 1. The highest BCUT2D eigenvalue weighted by atomic mass is 19.1. The van der Waals surface area contributed by atoms with Crippen LogP contribution in [0, 0.1) is 12.7 Å². The van der Waals surface area contributed by atoms with Crippen LogP contribution in [0.5, 0.6) is 0 Å². The molecule has 1 aliphatic carbocycles. The molecule has 1 saturated carbocycles. The third kappa shape index (κ3) is 5.15. The number of aromatic nitrogens is 3. The minimum Gasteiger partial charge on any atom is -0.355 e. The zero-order valence-corrected chi connectivity index (χ0v) is 27.7. The summed E-state index contributed by atoms with van der Waals surface area (Å²) in [6.07, 6.45) is 3.21. The van der Waals surface area contributed by atoms with E-state index in [9.17, 15) is 14.0 Å². The van der Waals surface area contributed by atoms with E-state index in [1.54, 1.807) is 13.3 Å². The second-order valence-electron chi connectivity index (χ2n) is 14.0. The standard InChI is InChI=1S/C36H41F2N7O2/c1-19(2)44-18-40-30-16-28(41-33(32(30)44)42-29-15-25(34(46)39-6)20(3)11-27(29)38)21-7-8-26-31(12-21)45(35(47)36(26,4)5)24-13-23(14-24)43-10-9-22(37)17-43/h7-8,11-12,15-16,18-19,22-24H,9-10,13-14,17H2,1-6H3,(H,39,46)(H,41,42)/t22-,23?,24?/m1/s1. The van der Waals surface area contributed by atoms with Crippen LogP contribution in [-0.4, -0.2) is 69.6 Å². The molecule has 2 amide bonds. The van der Waals surface area contributed by atoms with Crippen molar-refractivity contribution in [3.63, 3.8) is 0 Å². The average Bonchev–Trinajstić information content (AvgIpc) is 3.69. The number of carbonyl (C=O) groups is 2. The number of nitrogens with one attached hydrogen (secondary N) is 2. The number of fused-ring (bicyclic) bond motifs is 2. The van der Waals surface area contributed by atoms with Crippen molar-refractivity contribution in [3.05, 3.63) is 65.2 Å². The molecule has 0 spiro atoms. The molecule has 0 bridgehead atoms. The number of nitrogens with zero attached hydrogens (tertiary/aromatic N) is 5. The molecule has 2 aliphatic heterocycles. The number of likely N-dealkylation sites (tertiary alicyclic amines) is 1. The Morgan fingerprint density at radius 1 is 1.11 bits per heavy atom. The van der Waals surface area contributed by atoms with Gasteiger partial charge in [-0.05, 0) is 89.3 Å². The molecular formula is C36H41F2N7O2. The summed E-state index contributed by atoms with van der Waals surface area (Å²) in [6.45, 7) is 10.9. The second kappa shape index (κ2) is 11.4. The van der Waals surface area contributed by atoms with Crippen molar-refractivity contribution < 1.29 is 18.4 Å². The lowest BCUT2D eigenvalue weighted by atomic mass is 9.83. The van der Waals surface area contributed by atoms with Gasteiger partial charge in [0.15, 0.2) is 5.82 Å². The van der Waals surface area contributed by atoms with Crippen molar-refractivity contribution in [2.75, 3.05) is 30.4 Å². The monoisotopic (exact) mass is 641 g/mol. The van der Waals surface area contributed by atoms with Gasteiger partial charge in [-0.25, -0.2) is 18.7 Å². The van der Waals surface area contributed by atoms with Gasteiger partial charge in [0.25, 0.3) is 5.91 Å². The zero-order chi connectivity index (χ0) is 33.4. The Bertz CT molecular complexity index is 1910. The Kier molecular flexibility index (Phi) is 7.57. The van der Waals surface area contributed by atoms with Crippen molar-refractivity contribution >= 4 is 40.0 Å². The van der Waals surface area contributed by atoms with Crippen LogP contribution in [0.4, 0.5) is 26.0 Å². The largest absolute Gasteiger partial charge is 0.355 e. The van der Waals surface area contributed by atoms with Crippen molar-refractivity contribution in [3.8, 4) is 11.3 Å². The summed E-state index contributed by atoms with van der Waals surface area (Å²) in [5.74, 6) is -0.341. The van der Waals surface area contributed by atoms with Crippen molar-refractivity contribution in [2.45, 2.75) is 83.6 Å². The van der Waals surface area contributed by atoms with E-state index in [1.807, 2.05) is 61.4 Å². The molecule has 246 valence electrons. The first kappa shape index (κ1) is 31.2. The van der Waals surface area contributed by atoms with E-state index in [-0.39, 0.29) is 29.6 Å². The number of pyridine rings is 1. The summed E-state index contributed by atoms with van der Waals surface area (Å²) in [4.78, 5) is 40.2. The number of aryl methyl sites for hydroxylation is 1. The molecule has 0 radical (unpaired) electrons. The van der Waals surface area contributed by atoms with E-state index in [4.69, 9.17) is 4.98 Å². The van der Waals surface area contributed by atoms with Crippen LogP contribution in [0.3, 0.4) is 0 Å². The molecule has 1 atom stereocenters. The fraction of sp³-hybridized carbons (Fsp3) is 0.444. The number of amides is 2. The zero-order valence-electron chi connectivity index (χ0n) is 27.7. The fourth-order valence-electron chi connectivity index (χ4n) is 7.41. The smallest absolute Gasteiger partial charge is 0.251 e. The summed E-state index contributed by atoms with van der Waals surface area (Å²) < 4.78 is 31.2. The average molecular weight is 642 g/mol. The van der Waals surface area contributed by atoms with Crippen molar-refractivity contribution in [2.24, 2.45) is 0 Å². The molecule has 7 rings (SSSR count). The Morgan fingerprint density at radius 2 is 1.87 bits per heavy atom. The number of halogens is 2. The Labute approximate surface area is 273 Å². The first-order valence-electron chi connectivity index (χ1n) is 16.4. The number of carbonyl (C=O) groups excluding carboxylic acids is 2. The SMILES string of the molecule is CNC(=O)c1cc(Nc2nc(-c3ccc4c(c3)N(C3CC(N5CC[C@@H](F)C5)C3)C(=O)C4(C)C)cc3ncn(C(C)C)c23)c(F)cc1C. The van der Waals surface area contributed by atoms with E-state index in [2.05, 4.69) is 20.5 Å².